The Kier molecular flexibility index (Phi) is 7.90. The fraction of sp³-hybridized carbons (Fsp3) is 0.577. The molecule has 0 aliphatic carbocycles. The first-order valence-electron chi connectivity index (χ1n) is 13.2. The number of nitrogens with zero attached hydrogens (tertiary/aromatic N) is 6. The third kappa shape index (κ3) is 5.65. The predicted molar refractivity (Wildman–Crippen MR) is 152 cm³/mol. The van der Waals surface area contributed by atoms with Gasteiger partial charge in [-0.2, -0.15) is 5.10 Å². The number of rotatable bonds is 7. The number of hydrogen-bond donors (Lipinski definition) is 1. The summed E-state index contributed by atoms with van der Waals surface area (Å²) < 4.78 is 25.0. The van der Waals surface area contributed by atoms with Gasteiger partial charge in [-0.15, -0.1) is 0 Å². The Balaban J connectivity index is 1.35. The van der Waals surface area contributed by atoms with E-state index >= 15 is 0 Å². The van der Waals surface area contributed by atoms with E-state index < -0.39 is 10.0 Å². The van der Waals surface area contributed by atoms with Crippen molar-refractivity contribution in [2.24, 2.45) is 11.1 Å². The SMILES string of the molecule is Cc1nn(C(C)c2ccc(Cl)cc2Cl)c2nc(N3CCC(N4CCCC4CCS(N)(=O)=O)C(C)C3)cnc12. The van der Waals surface area contributed by atoms with Crippen LogP contribution >= 0.6 is 23.2 Å². The third-order valence-corrected chi connectivity index (χ3v) is 9.47. The van der Waals surface area contributed by atoms with E-state index in [1.165, 1.54) is 0 Å². The lowest BCUT2D eigenvalue weighted by Gasteiger charge is -2.43. The molecule has 206 valence electrons. The lowest BCUT2D eigenvalue weighted by atomic mass is 9.91. The molecule has 3 aromatic rings. The Hall–Kier alpha value is -1.98. The van der Waals surface area contributed by atoms with E-state index in [1.54, 1.807) is 6.07 Å². The summed E-state index contributed by atoms with van der Waals surface area (Å²) >= 11 is 12.6. The van der Waals surface area contributed by atoms with Crippen molar-refractivity contribution in [1.29, 1.82) is 0 Å². The summed E-state index contributed by atoms with van der Waals surface area (Å²) in [4.78, 5) is 14.6. The van der Waals surface area contributed by atoms with Crippen LogP contribution in [0.4, 0.5) is 5.82 Å². The van der Waals surface area contributed by atoms with Crippen LogP contribution in [0.5, 0.6) is 0 Å². The molecule has 1 aromatic carbocycles. The Morgan fingerprint density at radius 3 is 2.71 bits per heavy atom. The minimum Gasteiger partial charge on any atom is -0.355 e. The van der Waals surface area contributed by atoms with Crippen molar-refractivity contribution in [3.63, 3.8) is 0 Å². The minimum atomic E-state index is -3.44. The van der Waals surface area contributed by atoms with Crippen molar-refractivity contribution in [3.8, 4) is 0 Å². The van der Waals surface area contributed by atoms with Crippen LogP contribution in [0.15, 0.2) is 24.4 Å². The lowest BCUT2D eigenvalue weighted by Crippen LogP contribution is -2.52. The quantitative estimate of drug-likeness (QED) is 0.441. The molecule has 2 saturated heterocycles. The number of benzene rings is 1. The topological polar surface area (TPSA) is 110 Å². The summed E-state index contributed by atoms with van der Waals surface area (Å²) in [5.74, 6) is 1.28. The maximum Gasteiger partial charge on any atom is 0.209 e. The molecule has 5 rings (SSSR count). The molecule has 2 fully saturated rings. The van der Waals surface area contributed by atoms with Crippen LogP contribution in [0.2, 0.25) is 10.0 Å². The molecule has 0 radical (unpaired) electrons. The number of halogens is 2. The number of fused-ring (bicyclic) bond motifs is 1. The van der Waals surface area contributed by atoms with Crippen molar-refractivity contribution in [2.45, 2.75) is 64.6 Å². The van der Waals surface area contributed by atoms with E-state index in [9.17, 15) is 8.42 Å². The second kappa shape index (κ2) is 10.9. The van der Waals surface area contributed by atoms with Crippen molar-refractivity contribution >= 4 is 50.2 Å². The smallest absolute Gasteiger partial charge is 0.209 e. The largest absolute Gasteiger partial charge is 0.355 e. The molecule has 0 amide bonds. The monoisotopic (exact) mass is 579 g/mol. The number of aryl methyl sites for hydroxylation is 1. The average Bonchev–Trinajstić information content (AvgIpc) is 3.46. The fourth-order valence-corrected chi connectivity index (χ4v) is 7.34. The first-order chi connectivity index (χ1) is 18.0. The van der Waals surface area contributed by atoms with Crippen LogP contribution in [0.25, 0.3) is 11.2 Å². The molecule has 2 aromatic heterocycles. The molecular formula is C26H35Cl2N7O2S. The molecule has 38 heavy (non-hydrogen) atoms. The van der Waals surface area contributed by atoms with Gasteiger partial charge < -0.3 is 4.90 Å². The number of likely N-dealkylation sites (tertiary alicyclic amines) is 1. The fourth-order valence-electron chi connectivity index (χ4n) is 6.18. The highest BCUT2D eigenvalue weighted by Crippen LogP contribution is 2.34. The first-order valence-corrected chi connectivity index (χ1v) is 15.7. The van der Waals surface area contributed by atoms with Gasteiger partial charge in [0.1, 0.15) is 11.3 Å². The van der Waals surface area contributed by atoms with Crippen molar-refractivity contribution in [2.75, 3.05) is 30.3 Å². The average molecular weight is 581 g/mol. The number of piperidine rings is 1. The number of nitrogens with two attached hydrogens (primary N) is 1. The van der Waals surface area contributed by atoms with Gasteiger partial charge in [0.25, 0.3) is 0 Å². The second-order valence-corrected chi connectivity index (χ2v) is 13.3. The van der Waals surface area contributed by atoms with Gasteiger partial charge in [0.2, 0.25) is 10.0 Å². The number of aromatic nitrogens is 4. The van der Waals surface area contributed by atoms with Gasteiger partial charge >= 0.3 is 0 Å². The van der Waals surface area contributed by atoms with E-state index in [2.05, 4.69) is 16.7 Å². The van der Waals surface area contributed by atoms with E-state index in [-0.39, 0.29) is 17.8 Å². The van der Waals surface area contributed by atoms with Gasteiger partial charge in [-0.25, -0.2) is 28.2 Å². The van der Waals surface area contributed by atoms with Crippen LogP contribution in [0.1, 0.15) is 56.8 Å². The van der Waals surface area contributed by atoms with Crippen molar-refractivity contribution in [3.05, 3.63) is 45.7 Å². The molecule has 4 heterocycles. The van der Waals surface area contributed by atoms with E-state index in [0.29, 0.717) is 28.4 Å². The summed E-state index contributed by atoms with van der Waals surface area (Å²) in [6.45, 7) is 9.00. The molecule has 2 aliphatic rings. The molecule has 9 nitrogen and oxygen atoms in total. The zero-order chi connectivity index (χ0) is 27.2. The molecule has 12 heteroatoms. The third-order valence-electron chi connectivity index (χ3n) is 8.11. The van der Waals surface area contributed by atoms with Gasteiger partial charge in [0, 0.05) is 35.2 Å². The highest BCUT2D eigenvalue weighted by Gasteiger charge is 2.37. The Morgan fingerprint density at radius 1 is 1.21 bits per heavy atom. The number of hydrogen-bond acceptors (Lipinski definition) is 7. The molecule has 0 spiro atoms. The van der Waals surface area contributed by atoms with Gasteiger partial charge in [0.15, 0.2) is 5.65 Å². The summed E-state index contributed by atoms with van der Waals surface area (Å²) in [5.41, 5.74) is 3.26. The van der Waals surface area contributed by atoms with Gasteiger partial charge in [-0.05, 0) is 69.7 Å². The molecule has 0 bridgehead atoms. The van der Waals surface area contributed by atoms with Crippen molar-refractivity contribution < 1.29 is 8.42 Å². The first kappa shape index (κ1) is 27.6. The molecule has 2 aliphatic heterocycles. The van der Waals surface area contributed by atoms with Crippen LogP contribution in [-0.2, 0) is 10.0 Å². The molecule has 4 unspecified atom stereocenters. The predicted octanol–water partition coefficient (Wildman–Crippen LogP) is 4.41. The second-order valence-electron chi connectivity index (χ2n) is 10.7. The van der Waals surface area contributed by atoms with Crippen LogP contribution < -0.4 is 10.0 Å². The Bertz CT molecular complexity index is 1430. The van der Waals surface area contributed by atoms with Crippen LogP contribution in [0.3, 0.4) is 0 Å². The number of sulfonamides is 1. The summed E-state index contributed by atoms with van der Waals surface area (Å²) in [6.07, 6.45) is 5.57. The summed E-state index contributed by atoms with van der Waals surface area (Å²) in [5, 5.41) is 11.2. The van der Waals surface area contributed by atoms with Gasteiger partial charge in [-0.3, -0.25) is 4.90 Å². The standard InChI is InChI=1S/C26H35Cl2N7O2S/c1-16-15-33(11-8-23(16)34-10-4-5-20(34)9-12-38(29,36)37)24-14-30-25-17(2)32-35(26(25)31-24)18(3)21-7-6-19(27)13-22(21)28/h6-7,13-14,16,18,20,23H,4-5,8-12,15H2,1-3H3,(H2,29,36,37). The Labute approximate surface area is 234 Å². The highest BCUT2D eigenvalue weighted by atomic mass is 35.5. The zero-order valence-electron chi connectivity index (χ0n) is 22.0. The van der Waals surface area contributed by atoms with Gasteiger partial charge in [0.05, 0.1) is 23.7 Å². The zero-order valence-corrected chi connectivity index (χ0v) is 24.3. The molecule has 4 atom stereocenters. The normalized spacial score (nSPS) is 23.8. The van der Waals surface area contributed by atoms with E-state index in [4.69, 9.17) is 43.4 Å². The maximum atomic E-state index is 11.5. The van der Waals surface area contributed by atoms with Crippen LogP contribution in [0, 0.1) is 12.8 Å². The summed E-state index contributed by atoms with van der Waals surface area (Å²) in [6, 6.07) is 6.06. The highest BCUT2D eigenvalue weighted by molar-refractivity contribution is 7.89. The number of anilines is 1. The van der Waals surface area contributed by atoms with Crippen molar-refractivity contribution in [1.82, 2.24) is 24.6 Å². The summed E-state index contributed by atoms with van der Waals surface area (Å²) in [7, 11) is -3.44. The number of primary sulfonamides is 1. The lowest BCUT2D eigenvalue weighted by molar-refractivity contribution is 0.113. The van der Waals surface area contributed by atoms with E-state index in [1.807, 2.05) is 36.9 Å². The minimum absolute atomic E-state index is 0.0454. The molecule has 0 saturated carbocycles. The Morgan fingerprint density at radius 2 is 2.00 bits per heavy atom. The molecule has 2 N–H and O–H groups in total. The van der Waals surface area contributed by atoms with Gasteiger partial charge in [-0.1, -0.05) is 36.2 Å². The molecular weight excluding hydrogens is 545 g/mol. The van der Waals surface area contributed by atoms with Crippen LogP contribution in [-0.4, -0.2) is 70.5 Å². The maximum absolute atomic E-state index is 11.5. The van der Waals surface area contributed by atoms with E-state index in [0.717, 1.165) is 67.1 Å².